The first kappa shape index (κ1) is 11.3. The third-order valence-electron chi connectivity index (χ3n) is 2.24. The molecule has 0 bridgehead atoms. The Hall–Kier alpha value is -1.17. The third kappa shape index (κ3) is 2.02. The average molecular weight is 247 g/mol. The molecule has 2 nitrogen and oxygen atoms in total. The smallest absolute Gasteiger partial charge is 0.324 e. The number of hydrogen-bond acceptors (Lipinski definition) is 2. The molecule has 2 rings (SSSR count). The van der Waals surface area contributed by atoms with Crippen molar-refractivity contribution in [3.63, 3.8) is 0 Å². The molecule has 0 aromatic heterocycles. The monoisotopic (exact) mass is 247 g/mol. The van der Waals surface area contributed by atoms with E-state index < -0.39 is 11.7 Å². The lowest BCUT2D eigenvalue weighted by Crippen LogP contribution is -2.26. The van der Waals surface area contributed by atoms with E-state index in [9.17, 15) is 18.0 Å². The summed E-state index contributed by atoms with van der Waals surface area (Å²) >= 11 is 1.26. The maximum atomic E-state index is 12.4. The summed E-state index contributed by atoms with van der Waals surface area (Å²) in [6.45, 7) is 1.71. The van der Waals surface area contributed by atoms with Crippen LogP contribution >= 0.6 is 11.8 Å². The normalized spacial score (nSPS) is 20.2. The van der Waals surface area contributed by atoms with Gasteiger partial charge in [-0.25, -0.2) is 0 Å². The summed E-state index contributed by atoms with van der Waals surface area (Å²) in [6.07, 6.45) is -4.38. The zero-order chi connectivity index (χ0) is 11.9. The van der Waals surface area contributed by atoms with Crippen LogP contribution in [0.4, 0.5) is 18.9 Å². The number of nitrogens with one attached hydrogen (secondary N) is 1. The number of amides is 1. The number of benzene rings is 1. The van der Waals surface area contributed by atoms with Crippen LogP contribution in [0.1, 0.15) is 12.5 Å². The predicted octanol–water partition coefficient (Wildman–Crippen LogP) is 3.14. The van der Waals surface area contributed by atoms with Crippen LogP contribution in [0.2, 0.25) is 0 Å². The molecule has 1 heterocycles. The third-order valence-corrected chi connectivity index (χ3v) is 3.42. The van der Waals surface area contributed by atoms with Crippen LogP contribution < -0.4 is 5.32 Å². The molecule has 1 aliphatic heterocycles. The predicted molar refractivity (Wildman–Crippen MR) is 55.4 cm³/mol. The Labute approximate surface area is 94.2 Å². The van der Waals surface area contributed by atoms with Crippen molar-refractivity contribution in [2.24, 2.45) is 0 Å². The Balaban J connectivity index is 2.40. The molecule has 1 aliphatic rings. The second-order valence-electron chi connectivity index (χ2n) is 3.46. The SMILES string of the molecule is CC1Sc2ccc(C(F)(F)F)cc2NC1=O. The maximum Gasteiger partial charge on any atom is 0.416 e. The van der Waals surface area contributed by atoms with Crippen LogP contribution in [-0.2, 0) is 11.0 Å². The first-order valence-corrected chi connectivity index (χ1v) is 5.44. The van der Waals surface area contributed by atoms with Crippen LogP contribution in [0.5, 0.6) is 0 Å². The molecular weight excluding hydrogens is 239 g/mol. The van der Waals surface area contributed by atoms with Crippen molar-refractivity contribution < 1.29 is 18.0 Å². The van der Waals surface area contributed by atoms with Gasteiger partial charge in [0.2, 0.25) is 5.91 Å². The Morgan fingerprint density at radius 3 is 2.69 bits per heavy atom. The lowest BCUT2D eigenvalue weighted by Gasteiger charge is -2.22. The minimum atomic E-state index is -4.38. The van der Waals surface area contributed by atoms with Gasteiger partial charge in [0.1, 0.15) is 0 Å². The van der Waals surface area contributed by atoms with E-state index in [1.54, 1.807) is 6.92 Å². The molecule has 1 N–H and O–H groups in total. The second kappa shape index (κ2) is 3.69. The fourth-order valence-electron chi connectivity index (χ4n) is 1.39. The van der Waals surface area contributed by atoms with Gasteiger partial charge in [0.15, 0.2) is 0 Å². The average Bonchev–Trinajstić information content (AvgIpc) is 2.17. The zero-order valence-corrected chi connectivity index (χ0v) is 9.08. The molecule has 1 atom stereocenters. The summed E-state index contributed by atoms with van der Waals surface area (Å²) in [5.74, 6) is -0.267. The summed E-state index contributed by atoms with van der Waals surface area (Å²) in [5.41, 5.74) is -0.510. The highest BCUT2D eigenvalue weighted by Crippen LogP contribution is 2.39. The number of anilines is 1. The summed E-state index contributed by atoms with van der Waals surface area (Å²) in [4.78, 5) is 12.0. The van der Waals surface area contributed by atoms with Gasteiger partial charge in [-0.1, -0.05) is 0 Å². The fourth-order valence-corrected chi connectivity index (χ4v) is 2.32. The molecule has 1 unspecified atom stereocenters. The topological polar surface area (TPSA) is 29.1 Å². The number of fused-ring (bicyclic) bond motifs is 1. The Bertz CT molecular complexity index is 444. The van der Waals surface area contributed by atoms with Gasteiger partial charge in [-0.05, 0) is 25.1 Å². The summed E-state index contributed by atoms with van der Waals surface area (Å²) < 4.78 is 37.2. The number of carbonyl (C=O) groups is 1. The molecule has 6 heteroatoms. The van der Waals surface area contributed by atoms with Crippen LogP contribution in [-0.4, -0.2) is 11.2 Å². The van der Waals surface area contributed by atoms with Gasteiger partial charge >= 0.3 is 6.18 Å². The van der Waals surface area contributed by atoms with E-state index in [2.05, 4.69) is 5.32 Å². The van der Waals surface area contributed by atoms with Gasteiger partial charge in [-0.3, -0.25) is 4.79 Å². The first-order chi connectivity index (χ1) is 7.38. The summed E-state index contributed by atoms with van der Waals surface area (Å²) in [7, 11) is 0. The molecule has 86 valence electrons. The molecule has 16 heavy (non-hydrogen) atoms. The van der Waals surface area contributed by atoms with E-state index in [0.717, 1.165) is 12.1 Å². The standard InChI is InChI=1S/C10H8F3NOS/c1-5-9(15)14-7-4-6(10(11,12)13)2-3-8(7)16-5/h2-5H,1H3,(H,14,15). The lowest BCUT2D eigenvalue weighted by atomic mass is 10.2. The van der Waals surface area contributed by atoms with Gasteiger partial charge in [0, 0.05) is 4.90 Å². The van der Waals surface area contributed by atoms with E-state index in [1.807, 2.05) is 0 Å². The van der Waals surface area contributed by atoms with E-state index in [-0.39, 0.29) is 16.8 Å². The Morgan fingerprint density at radius 2 is 2.06 bits per heavy atom. The molecule has 0 saturated carbocycles. The minimum absolute atomic E-state index is 0.239. The van der Waals surface area contributed by atoms with Crippen molar-refractivity contribution in [1.29, 1.82) is 0 Å². The molecule has 0 radical (unpaired) electrons. The van der Waals surface area contributed by atoms with Crippen molar-refractivity contribution in [3.8, 4) is 0 Å². The molecule has 0 spiro atoms. The highest BCUT2D eigenvalue weighted by molar-refractivity contribution is 8.00. The van der Waals surface area contributed by atoms with Crippen molar-refractivity contribution in [3.05, 3.63) is 23.8 Å². The van der Waals surface area contributed by atoms with E-state index >= 15 is 0 Å². The Morgan fingerprint density at radius 1 is 1.38 bits per heavy atom. The maximum absolute atomic E-state index is 12.4. The number of halogens is 3. The van der Waals surface area contributed by atoms with Gasteiger partial charge in [0.05, 0.1) is 16.5 Å². The van der Waals surface area contributed by atoms with Crippen molar-refractivity contribution in [2.75, 3.05) is 5.32 Å². The summed E-state index contributed by atoms with van der Waals surface area (Å²) in [6, 6.07) is 3.38. The van der Waals surface area contributed by atoms with Crippen LogP contribution in [0.15, 0.2) is 23.1 Å². The van der Waals surface area contributed by atoms with Crippen molar-refractivity contribution in [1.82, 2.24) is 0 Å². The fraction of sp³-hybridized carbons (Fsp3) is 0.300. The highest BCUT2D eigenvalue weighted by atomic mass is 32.2. The largest absolute Gasteiger partial charge is 0.416 e. The highest BCUT2D eigenvalue weighted by Gasteiger charge is 2.32. The van der Waals surface area contributed by atoms with Crippen LogP contribution in [0.25, 0.3) is 0 Å². The first-order valence-electron chi connectivity index (χ1n) is 4.56. The van der Waals surface area contributed by atoms with Crippen LogP contribution in [0.3, 0.4) is 0 Å². The number of thioether (sulfide) groups is 1. The number of hydrogen-bond donors (Lipinski definition) is 1. The minimum Gasteiger partial charge on any atom is -0.324 e. The van der Waals surface area contributed by atoms with Gasteiger partial charge in [0.25, 0.3) is 0 Å². The molecule has 1 amide bonds. The van der Waals surface area contributed by atoms with Crippen molar-refractivity contribution in [2.45, 2.75) is 23.2 Å². The van der Waals surface area contributed by atoms with E-state index in [1.165, 1.54) is 17.8 Å². The number of rotatable bonds is 0. The van der Waals surface area contributed by atoms with Gasteiger partial charge in [-0.15, -0.1) is 11.8 Å². The zero-order valence-electron chi connectivity index (χ0n) is 8.26. The molecular formula is C10H8F3NOS. The van der Waals surface area contributed by atoms with Crippen molar-refractivity contribution >= 4 is 23.4 Å². The summed E-state index contributed by atoms with van der Waals surface area (Å²) in [5, 5.41) is 2.19. The van der Waals surface area contributed by atoms with Gasteiger partial charge in [-0.2, -0.15) is 13.2 Å². The molecule has 1 aromatic rings. The number of carbonyl (C=O) groups excluding carboxylic acids is 1. The molecule has 0 saturated heterocycles. The van der Waals surface area contributed by atoms with Crippen LogP contribution in [0, 0.1) is 0 Å². The lowest BCUT2D eigenvalue weighted by molar-refractivity contribution is -0.137. The quantitative estimate of drug-likeness (QED) is 0.763. The number of alkyl halides is 3. The Kier molecular flexibility index (Phi) is 2.61. The molecule has 1 aromatic carbocycles. The molecule has 0 fully saturated rings. The second-order valence-corrected chi connectivity index (χ2v) is 4.84. The molecule has 0 aliphatic carbocycles. The van der Waals surface area contributed by atoms with E-state index in [0.29, 0.717) is 4.90 Å². The van der Waals surface area contributed by atoms with E-state index in [4.69, 9.17) is 0 Å². The van der Waals surface area contributed by atoms with Gasteiger partial charge < -0.3 is 5.32 Å².